The molecule has 0 bridgehead atoms. The molecular formula is C16H17BrINO2. The van der Waals surface area contributed by atoms with Crippen molar-refractivity contribution in [2.45, 2.75) is 6.04 Å². The molecule has 2 aromatic rings. The molecule has 0 aliphatic carbocycles. The molecule has 1 N–H and O–H groups in total. The summed E-state index contributed by atoms with van der Waals surface area (Å²) < 4.78 is 13.1. The van der Waals surface area contributed by atoms with Crippen LogP contribution in [0.25, 0.3) is 0 Å². The van der Waals surface area contributed by atoms with E-state index in [4.69, 9.17) is 9.47 Å². The third-order valence-electron chi connectivity index (χ3n) is 3.31. The summed E-state index contributed by atoms with van der Waals surface area (Å²) in [5, 5.41) is 3.37. The fraction of sp³-hybridized carbons (Fsp3) is 0.250. The first-order chi connectivity index (χ1) is 10.1. The summed E-state index contributed by atoms with van der Waals surface area (Å²) in [6.07, 6.45) is 0. The van der Waals surface area contributed by atoms with Crippen LogP contribution in [-0.4, -0.2) is 21.3 Å². The second-order valence-corrected chi connectivity index (χ2v) is 6.57. The first-order valence-electron chi connectivity index (χ1n) is 6.44. The van der Waals surface area contributed by atoms with Crippen molar-refractivity contribution in [3.05, 3.63) is 55.6 Å². The molecule has 3 nitrogen and oxygen atoms in total. The fourth-order valence-corrected chi connectivity index (χ4v) is 3.31. The third-order valence-corrected chi connectivity index (χ3v) is 4.78. The van der Waals surface area contributed by atoms with Crippen LogP contribution in [0.2, 0.25) is 0 Å². The van der Waals surface area contributed by atoms with Crippen molar-refractivity contribution in [1.29, 1.82) is 0 Å². The molecule has 1 atom stereocenters. The Balaban J connectivity index is 2.57. The van der Waals surface area contributed by atoms with Gasteiger partial charge >= 0.3 is 0 Å². The maximum absolute atomic E-state index is 5.51. The lowest BCUT2D eigenvalue weighted by molar-refractivity contribution is 0.395. The summed E-state index contributed by atoms with van der Waals surface area (Å²) in [6, 6.07) is 12.1. The van der Waals surface area contributed by atoms with Crippen LogP contribution in [0.15, 0.2) is 40.9 Å². The summed E-state index contributed by atoms with van der Waals surface area (Å²) in [4.78, 5) is 0. The minimum Gasteiger partial charge on any atom is -0.497 e. The van der Waals surface area contributed by atoms with Gasteiger partial charge in [-0.15, -0.1) is 0 Å². The zero-order valence-corrected chi connectivity index (χ0v) is 15.9. The van der Waals surface area contributed by atoms with E-state index >= 15 is 0 Å². The summed E-state index contributed by atoms with van der Waals surface area (Å²) in [6.45, 7) is 0. The number of hydrogen-bond donors (Lipinski definition) is 1. The van der Waals surface area contributed by atoms with Gasteiger partial charge in [-0.3, -0.25) is 0 Å². The molecule has 0 fully saturated rings. The van der Waals surface area contributed by atoms with Gasteiger partial charge in [-0.2, -0.15) is 0 Å². The predicted octanol–water partition coefficient (Wildman–Crippen LogP) is 4.38. The van der Waals surface area contributed by atoms with E-state index < -0.39 is 0 Å². The first-order valence-corrected chi connectivity index (χ1v) is 8.32. The zero-order chi connectivity index (χ0) is 15.4. The van der Waals surface area contributed by atoms with Crippen LogP contribution >= 0.6 is 38.5 Å². The van der Waals surface area contributed by atoms with Crippen molar-refractivity contribution in [2.24, 2.45) is 0 Å². The molecule has 0 saturated heterocycles. The second-order valence-electron chi connectivity index (χ2n) is 4.50. The van der Waals surface area contributed by atoms with Gasteiger partial charge in [0.25, 0.3) is 0 Å². The summed E-state index contributed by atoms with van der Waals surface area (Å²) in [5.41, 5.74) is 2.24. The van der Waals surface area contributed by atoms with Crippen LogP contribution in [0.5, 0.6) is 11.5 Å². The van der Waals surface area contributed by atoms with E-state index in [2.05, 4.69) is 56.0 Å². The number of rotatable bonds is 5. The molecule has 0 aliphatic heterocycles. The normalized spacial score (nSPS) is 12.0. The Morgan fingerprint density at radius 2 is 1.81 bits per heavy atom. The molecule has 0 aromatic heterocycles. The standard InChI is InChI=1S/C16H17BrINO2/c1-19-16(12-8-10(17)4-6-14(12)18)13-9-11(20-2)5-7-15(13)21-3/h4-9,16,19H,1-3H3. The van der Waals surface area contributed by atoms with Gasteiger partial charge in [0.15, 0.2) is 0 Å². The molecule has 0 amide bonds. The van der Waals surface area contributed by atoms with Crippen LogP contribution in [0.4, 0.5) is 0 Å². The van der Waals surface area contributed by atoms with Crippen LogP contribution < -0.4 is 14.8 Å². The molecule has 2 rings (SSSR count). The molecule has 21 heavy (non-hydrogen) atoms. The molecule has 0 radical (unpaired) electrons. The minimum absolute atomic E-state index is 0.0273. The van der Waals surface area contributed by atoms with Gasteiger partial charge < -0.3 is 14.8 Å². The van der Waals surface area contributed by atoms with E-state index in [1.54, 1.807) is 14.2 Å². The SMILES string of the molecule is CNC(c1cc(Br)ccc1I)c1cc(OC)ccc1OC. The van der Waals surface area contributed by atoms with Crippen LogP contribution in [0.3, 0.4) is 0 Å². The lowest BCUT2D eigenvalue weighted by atomic mass is 9.97. The Bertz CT molecular complexity index is 634. The van der Waals surface area contributed by atoms with E-state index in [1.807, 2.05) is 31.3 Å². The molecule has 2 aromatic carbocycles. The van der Waals surface area contributed by atoms with Gasteiger partial charge in [0.2, 0.25) is 0 Å². The van der Waals surface area contributed by atoms with Gasteiger partial charge in [-0.05, 0) is 71.6 Å². The first kappa shape index (κ1) is 16.6. The largest absolute Gasteiger partial charge is 0.497 e. The van der Waals surface area contributed by atoms with E-state index in [0.717, 1.165) is 21.5 Å². The van der Waals surface area contributed by atoms with Crippen LogP contribution in [0.1, 0.15) is 17.2 Å². The third kappa shape index (κ3) is 3.70. The summed E-state index contributed by atoms with van der Waals surface area (Å²) >= 11 is 5.89. The van der Waals surface area contributed by atoms with Crippen molar-refractivity contribution in [3.8, 4) is 11.5 Å². The van der Waals surface area contributed by atoms with E-state index in [-0.39, 0.29) is 6.04 Å². The number of hydrogen-bond acceptors (Lipinski definition) is 3. The minimum atomic E-state index is 0.0273. The van der Waals surface area contributed by atoms with Gasteiger partial charge in [-0.25, -0.2) is 0 Å². The highest BCUT2D eigenvalue weighted by molar-refractivity contribution is 14.1. The molecule has 0 saturated carbocycles. The number of ether oxygens (including phenoxy) is 2. The van der Waals surface area contributed by atoms with E-state index in [1.165, 1.54) is 9.13 Å². The number of methoxy groups -OCH3 is 2. The van der Waals surface area contributed by atoms with Gasteiger partial charge in [0.05, 0.1) is 20.3 Å². The zero-order valence-electron chi connectivity index (χ0n) is 12.1. The molecule has 112 valence electrons. The van der Waals surface area contributed by atoms with Crippen molar-refractivity contribution in [1.82, 2.24) is 5.32 Å². The Morgan fingerprint density at radius 1 is 1.05 bits per heavy atom. The average molecular weight is 462 g/mol. The Morgan fingerprint density at radius 3 is 2.43 bits per heavy atom. The lowest BCUT2D eigenvalue weighted by Gasteiger charge is -2.22. The molecular weight excluding hydrogens is 445 g/mol. The van der Waals surface area contributed by atoms with Gasteiger partial charge in [0.1, 0.15) is 11.5 Å². The van der Waals surface area contributed by atoms with Crippen molar-refractivity contribution < 1.29 is 9.47 Å². The van der Waals surface area contributed by atoms with Crippen molar-refractivity contribution in [2.75, 3.05) is 21.3 Å². The second kappa shape index (κ2) is 7.47. The van der Waals surface area contributed by atoms with Gasteiger partial charge in [-0.1, -0.05) is 15.9 Å². The molecule has 5 heteroatoms. The Kier molecular flexibility index (Phi) is 5.89. The monoisotopic (exact) mass is 461 g/mol. The highest BCUT2D eigenvalue weighted by Crippen LogP contribution is 2.35. The maximum Gasteiger partial charge on any atom is 0.124 e. The van der Waals surface area contributed by atoms with E-state index in [9.17, 15) is 0 Å². The number of halogens is 2. The lowest BCUT2D eigenvalue weighted by Crippen LogP contribution is -2.19. The van der Waals surface area contributed by atoms with E-state index in [0.29, 0.717) is 0 Å². The molecule has 0 heterocycles. The highest BCUT2D eigenvalue weighted by atomic mass is 127. The molecule has 0 aliphatic rings. The summed E-state index contributed by atoms with van der Waals surface area (Å²) in [7, 11) is 5.30. The quantitative estimate of drug-likeness (QED) is 0.670. The van der Waals surface area contributed by atoms with Gasteiger partial charge in [0, 0.05) is 13.6 Å². The van der Waals surface area contributed by atoms with Crippen LogP contribution in [0, 0.1) is 3.57 Å². The number of nitrogens with one attached hydrogen (secondary N) is 1. The van der Waals surface area contributed by atoms with Crippen LogP contribution in [-0.2, 0) is 0 Å². The van der Waals surface area contributed by atoms with Crippen molar-refractivity contribution in [3.63, 3.8) is 0 Å². The topological polar surface area (TPSA) is 30.5 Å². The smallest absolute Gasteiger partial charge is 0.124 e. The predicted molar refractivity (Wildman–Crippen MR) is 97.3 cm³/mol. The maximum atomic E-state index is 5.51. The number of benzene rings is 2. The molecule has 0 spiro atoms. The Labute approximate surface area is 147 Å². The van der Waals surface area contributed by atoms with Crippen molar-refractivity contribution >= 4 is 38.5 Å². The molecule has 1 unspecified atom stereocenters. The summed E-state index contributed by atoms with van der Waals surface area (Å²) in [5.74, 6) is 1.65. The Hall–Kier alpha value is -0.790. The average Bonchev–Trinajstić information content (AvgIpc) is 2.51. The highest BCUT2D eigenvalue weighted by Gasteiger charge is 2.20. The fourth-order valence-electron chi connectivity index (χ4n) is 2.28.